The van der Waals surface area contributed by atoms with E-state index >= 15 is 0 Å². The van der Waals surface area contributed by atoms with E-state index in [4.69, 9.17) is 15.2 Å². The maximum absolute atomic E-state index is 6.09. The Morgan fingerprint density at radius 2 is 1.95 bits per heavy atom. The van der Waals surface area contributed by atoms with Crippen LogP contribution in [-0.2, 0) is 4.74 Å². The summed E-state index contributed by atoms with van der Waals surface area (Å²) in [5.41, 5.74) is 9.08. The molecule has 3 N–H and O–H groups in total. The number of methoxy groups -OCH3 is 2. The van der Waals surface area contributed by atoms with Crippen molar-refractivity contribution in [2.45, 2.75) is 19.4 Å². The van der Waals surface area contributed by atoms with Crippen LogP contribution in [0.25, 0.3) is 11.3 Å². The first-order valence-electron chi connectivity index (χ1n) is 6.61. The van der Waals surface area contributed by atoms with Crippen LogP contribution in [0, 0.1) is 6.92 Å². The molecule has 20 heavy (non-hydrogen) atoms. The lowest BCUT2D eigenvalue weighted by atomic mass is 10.1. The van der Waals surface area contributed by atoms with Gasteiger partial charge in [-0.1, -0.05) is 0 Å². The van der Waals surface area contributed by atoms with Gasteiger partial charge in [-0.2, -0.15) is 0 Å². The fourth-order valence-corrected chi connectivity index (χ4v) is 2.07. The van der Waals surface area contributed by atoms with Crippen LogP contribution in [0.5, 0.6) is 5.75 Å². The topological polar surface area (TPSA) is 73.2 Å². The van der Waals surface area contributed by atoms with Crippen molar-refractivity contribution in [3.63, 3.8) is 0 Å². The van der Waals surface area contributed by atoms with Crippen LogP contribution >= 0.6 is 0 Å². The quantitative estimate of drug-likeness (QED) is 0.849. The lowest BCUT2D eigenvalue weighted by Gasteiger charge is -2.07. The highest BCUT2D eigenvalue weighted by Gasteiger charge is 2.14. The minimum absolute atomic E-state index is 0.138. The summed E-state index contributed by atoms with van der Waals surface area (Å²) in [6, 6.07) is 7.70. The smallest absolute Gasteiger partial charge is 0.124 e. The Bertz CT molecular complexity index is 549. The molecule has 0 saturated heterocycles. The van der Waals surface area contributed by atoms with Crippen LogP contribution in [0.3, 0.4) is 0 Å². The number of benzene rings is 1. The Hall–Kier alpha value is -1.85. The Labute approximate surface area is 119 Å². The number of aryl methyl sites for hydroxylation is 1. The van der Waals surface area contributed by atoms with Gasteiger partial charge in [0.1, 0.15) is 11.6 Å². The summed E-state index contributed by atoms with van der Waals surface area (Å²) in [6.45, 7) is 2.62. The summed E-state index contributed by atoms with van der Waals surface area (Å²) in [7, 11) is 3.32. The average molecular weight is 275 g/mol. The Balaban J connectivity index is 2.21. The molecule has 0 aliphatic heterocycles. The molecular formula is C15H21N3O2. The average Bonchev–Trinajstić information content (AvgIpc) is 2.87. The van der Waals surface area contributed by atoms with E-state index in [0.717, 1.165) is 34.9 Å². The third kappa shape index (κ3) is 3.18. The summed E-state index contributed by atoms with van der Waals surface area (Å²) in [6.07, 6.45) is 0.742. The van der Waals surface area contributed by atoms with Crippen LogP contribution < -0.4 is 10.5 Å². The third-order valence-corrected chi connectivity index (χ3v) is 3.25. The highest BCUT2D eigenvalue weighted by molar-refractivity contribution is 5.62. The molecule has 108 valence electrons. The predicted molar refractivity (Wildman–Crippen MR) is 78.7 cm³/mol. The highest BCUT2D eigenvalue weighted by Crippen LogP contribution is 2.25. The van der Waals surface area contributed by atoms with Crippen molar-refractivity contribution in [1.82, 2.24) is 9.97 Å². The number of aromatic nitrogens is 2. The first kappa shape index (κ1) is 14.6. The van der Waals surface area contributed by atoms with Crippen molar-refractivity contribution in [2.24, 2.45) is 5.73 Å². The largest absolute Gasteiger partial charge is 0.497 e. The van der Waals surface area contributed by atoms with Gasteiger partial charge < -0.3 is 20.2 Å². The molecule has 0 aliphatic carbocycles. The summed E-state index contributed by atoms with van der Waals surface area (Å²) < 4.78 is 10.2. The molecule has 0 fully saturated rings. The van der Waals surface area contributed by atoms with E-state index in [2.05, 4.69) is 9.97 Å². The zero-order chi connectivity index (χ0) is 14.5. The standard InChI is InChI=1S/C15H21N3O2/c1-10-14(11-4-6-12(20-3)7-5-11)18-15(17-10)13(16)8-9-19-2/h4-7,13H,8-9,16H2,1-3H3,(H,17,18). The number of aromatic amines is 1. The number of nitrogens with two attached hydrogens (primary N) is 1. The highest BCUT2D eigenvalue weighted by atomic mass is 16.5. The number of rotatable bonds is 6. The van der Waals surface area contributed by atoms with Gasteiger partial charge in [-0.15, -0.1) is 0 Å². The summed E-state index contributed by atoms with van der Waals surface area (Å²) in [5.74, 6) is 1.63. The second-order valence-electron chi connectivity index (χ2n) is 4.71. The number of hydrogen-bond acceptors (Lipinski definition) is 4. The van der Waals surface area contributed by atoms with Gasteiger partial charge in [0.15, 0.2) is 0 Å². The van der Waals surface area contributed by atoms with Gasteiger partial charge in [0.2, 0.25) is 0 Å². The molecule has 1 unspecified atom stereocenters. The number of hydrogen-bond donors (Lipinski definition) is 2. The molecule has 2 aromatic rings. The van der Waals surface area contributed by atoms with Gasteiger partial charge in [-0.3, -0.25) is 0 Å². The first-order valence-corrected chi connectivity index (χ1v) is 6.61. The minimum atomic E-state index is -0.138. The van der Waals surface area contributed by atoms with Gasteiger partial charge >= 0.3 is 0 Å². The van der Waals surface area contributed by atoms with Crippen molar-refractivity contribution in [3.05, 3.63) is 35.8 Å². The molecule has 1 aromatic heterocycles. The Kier molecular flexibility index (Phi) is 4.76. The number of nitrogens with one attached hydrogen (secondary N) is 1. The van der Waals surface area contributed by atoms with Crippen molar-refractivity contribution >= 4 is 0 Å². The van der Waals surface area contributed by atoms with Crippen molar-refractivity contribution in [1.29, 1.82) is 0 Å². The molecule has 2 rings (SSSR count). The monoisotopic (exact) mass is 275 g/mol. The molecule has 0 aliphatic rings. The summed E-state index contributed by atoms with van der Waals surface area (Å²) in [4.78, 5) is 7.87. The van der Waals surface area contributed by atoms with Crippen LogP contribution in [0.4, 0.5) is 0 Å². The summed E-state index contributed by atoms with van der Waals surface area (Å²) in [5, 5.41) is 0. The van der Waals surface area contributed by atoms with Crippen molar-refractivity contribution in [2.75, 3.05) is 20.8 Å². The zero-order valence-corrected chi connectivity index (χ0v) is 12.1. The fourth-order valence-electron chi connectivity index (χ4n) is 2.07. The molecule has 0 amide bonds. The molecule has 1 heterocycles. The van der Waals surface area contributed by atoms with E-state index < -0.39 is 0 Å². The third-order valence-electron chi connectivity index (χ3n) is 3.25. The van der Waals surface area contributed by atoms with Gasteiger partial charge in [-0.05, 0) is 37.6 Å². The lowest BCUT2D eigenvalue weighted by Crippen LogP contribution is -2.14. The molecule has 1 aromatic carbocycles. The van der Waals surface area contributed by atoms with E-state index in [1.54, 1.807) is 14.2 Å². The van der Waals surface area contributed by atoms with E-state index in [0.29, 0.717) is 6.61 Å². The normalized spacial score (nSPS) is 12.4. The fraction of sp³-hybridized carbons (Fsp3) is 0.400. The molecule has 0 saturated carbocycles. The second-order valence-corrected chi connectivity index (χ2v) is 4.71. The Morgan fingerprint density at radius 3 is 2.55 bits per heavy atom. The van der Waals surface area contributed by atoms with Crippen molar-refractivity contribution in [3.8, 4) is 17.0 Å². The van der Waals surface area contributed by atoms with Crippen LogP contribution in [0.1, 0.15) is 24.0 Å². The SMILES string of the molecule is COCCC(N)c1nc(-c2ccc(OC)cc2)c(C)[nH]1. The van der Waals surface area contributed by atoms with Gasteiger partial charge in [0, 0.05) is 25.0 Å². The molecule has 5 nitrogen and oxygen atoms in total. The maximum Gasteiger partial charge on any atom is 0.124 e. The Morgan fingerprint density at radius 1 is 1.25 bits per heavy atom. The van der Waals surface area contributed by atoms with Crippen molar-refractivity contribution < 1.29 is 9.47 Å². The molecule has 0 bridgehead atoms. The molecule has 1 atom stereocenters. The predicted octanol–water partition coefficient (Wildman–Crippen LogP) is 2.43. The number of imidazole rings is 1. The van der Waals surface area contributed by atoms with Crippen LogP contribution in [-0.4, -0.2) is 30.8 Å². The minimum Gasteiger partial charge on any atom is -0.497 e. The number of nitrogens with zero attached hydrogens (tertiary/aromatic N) is 1. The lowest BCUT2D eigenvalue weighted by molar-refractivity contribution is 0.187. The van der Waals surface area contributed by atoms with Gasteiger partial charge in [0.05, 0.1) is 18.8 Å². The van der Waals surface area contributed by atoms with Crippen LogP contribution in [0.15, 0.2) is 24.3 Å². The molecular weight excluding hydrogens is 254 g/mol. The molecule has 0 radical (unpaired) electrons. The summed E-state index contributed by atoms with van der Waals surface area (Å²) >= 11 is 0. The van der Waals surface area contributed by atoms with E-state index in [9.17, 15) is 0 Å². The number of H-pyrrole nitrogens is 1. The van der Waals surface area contributed by atoms with Gasteiger partial charge in [0.25, 0.3) is 0 Å². The van der Waals surface area contributed by atoms with Gasteiger partial charge in [-0.25, -0.2) is 4.98 Å². The molecule has 0 spiro atoms. The van der Waals surface area contributed by atoms with E-state index in [1.807, 2.05) is 31.2 Å². The second kappa shape index (κ2) is 6.54. The molecule has 5 heteroatoms. The first-order chi connectivity index (χ1) is 9.65. The van der Waals surface area contributed by atoms with E-state index in [-0.39, 0.29) is 6.04 Å². The maximum atomic E-state index is 6.09. The zero-order valence-electron chi connectivity index (χ0n) is 12.1. The van der Waals surface area contributed by atoms with E-state index in [1.165, 1.54) is 0 Å². The number of ether oxygens (including phenoxy) is 2. The van der Waals surface area contributed by atoms with Crippen LogP contribution in [0.2, 0.25) is 0 Å².